The van der Waals surface area contributed by atoms with Gasteiger partial charge in [-0.15, -0.1) is 5.10 Å². The van der Waals surface area contributed by atoms with Crippen LogP contribution in [0.15, 0.2) is 41.2 Å². The third-order valence-electron chi connectivity index (χ3n) is 3.46. The van der Waals surface area contributed by atoms with Gasteiger partial charge in [0.1, 0.15) is 17.3 Å². The number of aromatic amines is 1. The highest BCUT2D eigenvalue weighted by Crippen LogP contribution is 2.20. The number of H-pyrrole nitrogens is 1. The molecule has 3 aromatic rings. The largest absolute Gasteiger partial charge is 0.319 e. The summed E-state index contributed by atoms with van der Waals surface area (Å²) in [4.78, 5) is 14.4. The van der Waals surface area contributed by atoms with Crippen molar-refractivity contribution in [3.63, 3.8) is 0 Å². The lowest BCUT2D eigenvalue weighted by Gasteiger charge is -2.04. The van der Waals surface area contributed by atoms with Crippen molar-refractivity contribution in [2.75, 3.05) is 0 Å². The van der Waals surface area contributed by atoms with Crippen LogP contribution in [0.3, 0.4) is 0 Å². The van der Waals surface area contributed by atoms with E-state index in [1.165, 1.54) is 6.07 Å². The van der Waals surface area contributed by atoms with Crippen molar-refractivity contribution in [3.05, 3.63) is 63.6 Å². The number of nitrogens with one attached hydrogen (secondary N) is 1. The van der Waals surface area contributed by atoms with Crippen LogP contribution in [0.2, 0.25) is 0 Å². The molecule has 0 amide bonds. The standard InChI is InChI=1S/C16H13N5O/c1-10-3-6-13(7-4-10)21-11(2)15(19-20-21)14-8-5-12(9-17)16(22)18-14/h3-8H,1-2H3,(H,18,22). The van der Waals surface area contributed by atoms with Gasteiger partial charge in [-0.1, -0.05) is 22.9 Å². The van der Waals surface area contributed by atoms with Gasteiger partial charge < -0.3 is 4.98 Å². The van der Waals surface area contributed by atoms with Crippen LogP contribution in [-0.2, 0) is 0 Å². The molecule has 0 atom stereocenters. The van der Waals surface area contributed by atoms with Crippen molar-refractivity contribution in [1.82, 2.24) is 20.0 Å². The van der Waals surface area contributed by atoms with Crippen molar-refractivity contribution in [2.24, 2.45) is 0 Å². The van der Waals surface area contributed by atoms with Gasteiger partial charge in [-0.2, -0.15) is 5.26 Å². The first kappa shape index (κ1) is 13.8. The summed E-state index contributed by atoms with van der Waals surface area (Å²) in [6, 6.07) is 12.9. The second kappa shape index (κ2) is 5.30. The van der Waals surface area contributed by atoms with Crippen molar-refractivity contribution in [3.8, 4) is 23.1 Å². The number of aromatic nitrogens is 4. The average Bonchev–Trinajstić information content (AvgIpc) is 2.90. The van der Waals surface area contributed by atoms with Crippen molar-refractivity contribution < 1.29 is 0 Å². The van der Waals surface area contributed by atoms with E-state index in [2.05, 4.69) is 15.3 Å². The summed E-state index contributed by atoms with van der Waals surface area (Å²) >= 11 is 0. The predicted molar refractivity (Wildman–Crippen MR) is 81.6 cm³/mol. The minimum absolute atomic E-state index is 0.0762. The summed E-state index contributed by atoms with van der Waals surface area (Å²) in [6.45, 7) is 3.90. The lowest BCUT2D eigenvalue weighted by molar-refractivity contribution is 0.785. The molecule has 108 valence electrons. The lowest BCUT2D eigenvalue weighted by Crippen LogP contribution is -2.10. The van der Waals surface area contributed by atoms with E-state index in [0.717, 1.165) is 16.9 Å². The van der Waals surface area contributed by atoms with Gasteiger partial charge in [0.05, 0.1) is 17.1 Å². The molecule has 0 radical (unpaired) electrons. The van der Waals surface area contributed by atoms with E-state index in [-0.39, 0.29) is 5.56 Å². The van der Waals surface area contributed by atoms with E-state index in [9.17, 15) is 4.79 Å². The first-order chi connectivity index (χ1) is 10.6. The van der Waals surface area contributed by atoms with Crippen LogP contribution in [0.5, 0.6) is 0 Å². The van der Waals surface area contributed by atoms with Crippen LogP contribution in [0.1, 0.15) is 16.8 Å². The normalized spacial score (nSPS) is 10.4. The van der Waals surface area contributed by atoms with Crippen LogP contribution >= 0.6 is 0 Å². The van der Waals surface area contributed by atoms with Gasteiger partial charge in [0.25, 0.3) is 5.56 Å². The number of hydrogen-bond donors (Lipinski definition) is 1. The predicted octanol–water partition coefficient (Wildman–Crippen LogP) is 2.11. The van der Waals surface area contributed by atoms with Crippen LogP contribution in [0, 0.1) is 25.2 Å². The molecule has 0 aliphatic heterocycles. The maximum Gasteiger partial charge on any atom is 0.266 e. The molecule has 2 aromatic heterocycles. The topological polar surface area (TPSA) is 87.4 Å². The maximum atomic E-state index is 11.7. The van der Waals surface area contributed by atoms with E-state index in [1.807, 2.05) is 44.2 Å². The van der Waals surface area contributed by atoms with E-state index in [4.69, 9.17) is 5.26 Å². The number of nitrogens with zero attached hydrogens (tertiary/aromatic N) is 4. The fraction of sp³-hybridized carbons (Fsp3) is 0.125. The van der Waals surface area contributed by atoms with Gasteiger partial charge in [-0.05, 0) is 38.1 Å². The molecular formula is C16H13N5O. The molecule has 0 aliphatic carbocycles. The number of pyridine rings is 1. The van der Waals surface area contributed by atoms with Crippen LogP contribution in [-0.4, -0.2) is 20.0 Å². The third-order valence-corrected chi connectivity index (χ3v) is 3.46. The number of hydrogen-bond acceptors (Lipinski definition) is 4. The molecule has 22 heavy (non-hydrogen) atoms. The second-order valence-corrected chi connectivity index (χ2v) is 5.00. The van der Waals surface area contributed by atoms with Gasteiger partial charge in [0, 0.05) is 0 Å². The summed E-state index contributed by atoms with van der Waals surface area (Å²) in [5.41, 5.74) is 3.65. The molecular weight excluding hydrogens is 278 g/mol. The second-order valence-electron chi connectivity index (χ2n) is 5.00. The number of nitriles is 1. The Morgan fingerprint density at radius 1 is 1.14 bits per heavy atom. The Kier molecular flexibility index (Phi) is 3.31. The summed E-state index contributed by atoms with van der Waals surface area (Å²) in [5, 5.41) is 17.1. The maximum absolute atomic E-state index is 11.7. The molecule has 0 spiro atoms. The van der Waals surface area contributed by atoms with Crippen molar-refractivity contribution in [1.29, 1.82) is 5.26 Å². The zero-order chi connectivity index (χ0) is 15.7. The molecule has 1 aromatic carbocycles. The van der Waals surface area contributed by atoms with Crippen LogP contribution in [0.4, 0.5) is 0 Å². The summed E-state index contributed by atoms with van der Waals surface area (Å²) in [5.74, 6) is 0. The zero-order valence-electron chi connectivity index (χ0n) is 12.2. The van der Waals surface area contributed by atoms with Gasteiger partial charge in [-0.3, -0.25) is 4.79 Å². The van der Waals surface area contributed by atoms with E-state index in [0.29, 0.717) is 11.4 Å². The Morgan fingerprint density at radius 2 is 1.86 bits per heavy atom. The molecule has 6 nitrogen and oxygen atoms in total. The molecule has 0 fully saturated rings. The molecule has 0 saturated carbocycles. The fourth-order valence-electron chi connectivity index (χ4n) is 2.21. The van der Waals surface area contributed by atoms with E-state index < -0.39 is 5.56 Å². The Morgan fingerprint density at radius 3 is 2.50 bits per heavy atom. The molecule has 0 unspecified atom stereocenters. The smallest absolute Gasteiger partial charge is 0.266 e. The Labute approximate surface area is 126 Å². The Balaban J connectivity index is 2.07. The van der Waals surface area contributed by atoms with Crippen molar-refractivity contribution in [2.45, 2.75) is 13.8 Å². The number of rotatable bonds is 2. The zero-order valence-corrected chi connectivity index (χ0v) is 12.2. The van der Waals surface area contributed by atoms with Crippen LogP contribution in [0.25, 0.3) is 17.1 Å². The van der Waals surface area contributed by atoms with Gasteiger partial charge >= 0.3 is 0 Å². The van der Waals surface area contributed by atoms with E-state index >= 15 is 0 Å². The van der Waals surface area contributed by atoms with Gasteiger partial charge in [-0.25, -0.2) is 4.68 Å². The SMILES string of the molecule is Cc1ccc(-n2nnc(-c3ccc(C#N)c(=O)[nH]3)c2C)cc1. The molecule has 3 rings (SSSR count). The first-order valence-electron chi connectivity index (χ1n) is 6.73. The fourth-order valence-corrected chi connectivity index (χ4v) is 2.21. The van der Waals surface area contributed by atoms with Gasteiger partial charge in [0.2, 0.25) is 0 Å². The molecule has 6 heteroatoms. The lowest BCUT2D eigenvalue weighted by atomic mass is 10.2. The Bertz CT molecular complexity index is 928. The third kappa shape index (κ3) is 2.29. The quantitative estimate of drug-likeness (QED) is 0.783. The summed E-state index contributed by atoms with van der Waals surface area (Å²) < 4.78 is 1.71. The van der Waals surface area contributed by atoms with Crippen LogP contribution < -0.4 is 5.56 Å². The number of benzene rings is 1. The van der Waals surface area contributed by atoms with Crippen molar-refractivity contribution >= 4 is 0 Å². The minimum Gasteiger partial charge on any atom is -0.319 e. The molecule has 1 N–H and O–H groups in total. The molecule has 0 bridgehead atoms. The molecule has 0 aliphatic rings. The average molecular weight is 291 g/mol. The molecule has 2 heterocycles. The number of aryl methyl sites for hydroxylation is 1. The summed E-state index contributed by atoms with van der Waals surface area (Å²) in [6.07, 6.45) is 0. The monoisotopic (exact) mass is 291 g/mol. The first-order valence-corrected chi connectivity index (χ1v) is 6.73. The molecule has 0 saturated heterocycles. The highest BCUT2D eigenvalue weighted by atomic mass is 16.1. The minimum atomic E-state index is -0.427. The van der Waals surface area contributed by atoms with Gasteiger partial charge in [0.15, 0.2) is 0 Å². The highest BCUT2D eigenvalue weighted by Gasteiger charge is 2.13. The highest BCUT2D eigenvalue weighted by molar-refractivity contribution is 5.58. The summed E-state index contributed by atoms with van der Waals surface area (Å²) in [7, 11) is 0. The Hall–Kier alpha value is -3.20. The van der Waals surface area contributed by atoms with E-state index in [1.54, 1.807) is 10.7 Å².